The van der Waals surface area contributed by atoms with Crippen molar-refractivity contribution >= 4 is 38.5 Å². The molecule has 5 nitrogen and oxygen atoms in total. The van der Waals surface area contributed by atoms with Gasteiger partial charge in [0.2, 0.25) is 0 Å². The molecule has 0 amide bonds. The molecule has 0 heterocycles. The van der Waals surface area contributed by atoms with Gasteiger partial charge in [0.1, 0.15) is 15.7 Å². The van der Waals surface area contributed by atoms with Gasteiger partial charge >= 0.3 is 0 Å². The van der Waals surface area contributed by atoms with Crippen LogP contribution in [0.15, 0.2) is 18.2 Å². The van der Waals surface area contributed by atoms with E-state index in [4.69, 9.17) is 16.6 Å². The molecule has 0 atom stereocenters. The van der Waals surface area contributed by atoms with Crippen LogP contribution in [0.25, 0.3) is 0 Å². The summed E-state index contributed by atoms with van der Waals surface area (Å²) in [6, 6.07) is 6.21. The molecule has 1 aromatic carbocycles. The van der Waals surface area contributed by atoms with Crippen molar-refractivity contribution in [3.63, 3.8) is 0 Å². The number of hydrogen-bond acceptors (Lipinski definition) is 2. The highest BCUT2D eigenvalue weighted by Crippen LogP contribution is 1.91. The minimum atomic E-state index is -0.227. The zero-order chi connectivity index (χ0) is 12.8. The van der Waals surface area contributed by atoms with Crippen LogP contribution in [0, 0.1) is 10.8 Å². The molecule has 0 aliphatic carbocycles. The monoisotopic (exact) mass is 229 g/mol. The van der Waals surface area contributed by atoms with Gasteiger partial charge in [0.25, 0.3) is 0 Å². The quantitative estimate of drug-likeness (QED) is 0.214. The van der Waals surface area contributed by atoms with E-state index >= 15 is 0 Å². The molecule has 1 aromatic rings. The van der Waals surface area contributed by atoms with E-state index in [9.17, 15) is 0 Å². The molecule has 0 spiro atoms. The van der Waals surface area contributed by atoms with Crippen LogP contribution in [-0.2, 0) is 6.42 Å². The zero-order valence-corrected chi connectivity index (χ0v) is 10.2. The normalized spacial score (nSPS) is 9.65. The molecule has 88 valence electrons. The lowest BCUT2D eigenvalue weighted by Crippen LogP contribution is -2.44. The van der Waals surface area contributed by atoms with Gasteiger partial charge in [0.05, 0.1) is 0 Å². The molecule has 0 saturated heterocycles. The largest absolute Gasteiger partial charge is 0.370 e. The maximum absolute atomic E-state index is 7.45. The average molecular weight is 229 g/mol. The van der Waals surface area contributed by atoms with Gasteiger partial charge in [-0.05, 0) is 6.42 Å². The SMILES string of the molecule is Bc1cccc(B)c1CCNC(=N)NC(=N)N. The maximum atomic E-state index is 7.45. The third-order valence-corrected chi connectivity index (χ3v) is 2.58. The molecule has 0 aliphatic heterocycles. The summed E-state index contributed by atoms with van der Waals surface area (Å²) in [4.78, 5) is 0. The Labute approximate surface area is 103 Å². The van der Waals surface area contributed by atoms with Crippen LogP contribution in [0.2, 0.25) is 0 Å². The van der Waals surface area contributed by atoms with Crippen molar-refractivity contribution in [1.82, 2.24) is 10.6 Å². The Hall–Kier alpha value is -1.91. The number of hydrogen-bond donors (Lipinski definition) is 5. The summed E-state index contributed by atoms with van der Waals surface area (Å²) in [6.45, 7) is 0.644. The molecular formula is C10H17B2N5. The molecule has 7 heteroatoms. The topological polar surface area (TPSA) is 97.8 Å². The fourth-order valence-corrected chi connectivity index (χ4v) is 1.73. The summed E-state index contributed by atoms with van der Waals surface area (Å²) in [5.74, 6) is -0.168. The second-order valence-corrected chi connectivity index (χ2v) is 3.96. The first-order valence-electron chi connectivity index (χ1n) is 5.49. The van der Waals surface area contributed by atoms with E-state index in [1.807, 2.05) is 6.07 Å². The lowest BCUT2D eigenvalue weighted by atomic mass is 9.80. The molecule has 1 rings (SSSR count). The van der Waals surface area contributed by atoms with Crippen LogP contribution in [0.1, 0.15) is 5.56 Å². The van der Waals surface area contributed by atoms with Crippen molar-refractivity contribution in [2.75, 3.05) is 6.54 Å². The summed E-state index contributed by atoms with van der Waals surface area (Å²) in [6.07, 6.45) is 0.848. The van der Waals surface area contributed by atoms with Crippen molar-refractivity contribution in [1.29, 1.82) is 10.8 Å². The highest BCUT2D eigenvalue weighted by Gasteiger charge is 2.02. The number of nitrogens with two attached hydrogens (primary N) is 1. The van der Waals surface area contributed by atoms with Crippen LogP contribution >= 0.6 is 0 Å². The molecule has 0 aliphatic rings. The predicted molar refractivity (Wildman–Crippen MR) is 77.3 cm³/mol. The zero-order valence-electron chi connectivity index (χ0n) is 10.2. The molecule has 0 unspecified atom stereocenters. The Morgan fingerprint density at radius 2 is 1.82 bits per heavy atom. The lowest BCUT2D eigenvalue weighted by molar-refractivity contribution is 0.846. The molecule has 17 heavy (non-hydrogen) atoms. The molecule has 0 saturated carbocycles. The third-order valence-electron chi connectivity index (χ3n) is 2.58. The summed E-state index contributed by atoms with van der Waals surface area (Å²) in [5.41, 5.74) is 8.94. The minimum Gasteiger partial charge on any atom is -0.370 e. The second-order valence-electron chi connectivity index (χ2n) is 3.96. The number of rotatable bonds is 3. The first-order valence-corrected chi connectivity index (χ1v) is 5.49. The van der Waals surface area contributed by atoms with E-state index in [0.29, 0.717) is 6.54 Å². The average Bonchev–Trinajstić information content (AvgIpc) is 2.21. The standard InChI is InChI=1S/C10H17B2N5/c11-7-2-1-3-8(12)6(7)4-5-16-10(15)17-9(13)14/h1-3H,4-5,11-12H2,(H6,13,14,15,16,17). The van der Waals surface area contributed by atoms with Gasteiger partial charge in [-0.15, -0.1) is 0 Å². The molecule has 0 radical (unpaired) electrons. The molecule has 6 N–H and O–H groups in total. The van der Waals surface area contributed by atoms with Gasteiger partial charge in [0.15, 0.2) is 11.9 Å². The van der Waals surface area contributed by atoms with Crippen LogP contribution < -0.4 is 27.3 Å². The molecule has 0 aromatic heterocycles. The second kappa shape index (κ2) is 5.98. The van der Waals surface area contributed by atoms with Crippen LogP contribution in [0.3, 0.4) is 0 Å². The molecule has 0 bridgehead atoms. The van der Waals surface area contributed by atoms with E-state index in [0.717, 1.165) is 6.42 Å². The van der Waals surface area contributed by atoms with Gasteiger partial charge in [0, 0.05) is 6.54 Å². The fourth-order valence-electron chi connectivity index (χ4n) is 1.73. The number of guanidine groups is 2. The Balaban J connectivity index is 2.46. The lowest BCUT2D eigenvalue weighted by Gasteiger charge is -2.12. The highest BCUT2D eigenvalue weighted by molar-refractivity contribution is 6.39. The van der Waals surface area contributed by atoms with Gasteiger partial charge in [-0.25, -0.2) is 0 Å². The first-order chi connectivity index (χ1) is 8.00. The van der Waals surface area contributed by atoms with Crippen molar-refractivity contribution < 1.29 is 0 Å². The highest BCUT2D eigenvalue weighted by atomic mass is 15.2. The van der Waals surface area contributed by atoms with Gasteiger partial charge in [-0.1, -0.05) is 34.7 Å². The van der Waals surface area contributed by atoms with Gasteiger partial charge in [-0.3, -0.25) is 16.1 Å². The van der Waals surface area contributed by atoms with Crippen molar-refractivity contribution in [3.8, 4) is 0 Å². The van der Waals surface area contributed by atoms with E-state index in [2.05, 4.69) is 38.5 Å². The van der Waals surface area contributed by atoms with E-state index in [1.54, 1.807) is 0 Å². The van der Waals surface area contributed by atoms with Crippen molar-refractivity contribution in [2.45, 2.75) is 6.42 Å². The Kier molecular flexibility index (Phi) is 4.63. The smallest absolute Gasteiger partial charge is 0.195 e. The number of benzene rings is 1. The third kappa shape index (κ3) is 4.22. The van der Waals surface area contributed by atoms with Crippen molar-refractivity contribution in [3.05, 3.63) is 23.8 Å². The summed E-state index contributed by atoms with van der Waals surface area (Å²) in [7, 11) is 4.17. The molecular weight excluding hydrogens is 212 g/mol. The predicted octanol–water partition coefficient (Wildman–Crippen LogP) is -3.25. The Bertz CT molecular complexity index is 412. The Morgan fingerprint density at radius 1 is 1.24 bits per heavy atom. The summed E-state index contributed by atoms with van der Waals surface area (Å²) >= 11 is 0. The van der Waals surface area contributed by atoms with Gasteiger partial charge < -0.3 is 11.1 Å². The number of nitrogens with one attached hydrogen (secondary N) is 4. The van der Waals surface area contributed by atoms with E-state index in [1.165, 1.54) is 16.5 Å². The van der Waals surface area contributed by atoms with E-state index < -0.39 is 0 Å². The van der Waals surface area contributed by atoms with Crippen LogP contribution in [-0.4, -0.2) is 34.2 Å². The minimum absolute atomic E-state index is 0.0590. The van der Waals surface area contributed by atoms with Crippen molar-refractivity contribution in [2.24, 2.45) is 5.73 Å². The fraction of sp³-hybridized carbons (Fsp3) is 0.200. The van der Waals surface area contributed by atoms with E-state index in [-0.39, 0.29) is 11.9 Å². The van der Waals surface area contributed by atoms with Crippen LogP contribution in [0.5, 0.6) is 0 Å². The maximum Gasteiger partial charge on any atom is 0.195 e. The summed E-state index contributed by atoms with van der Waals surface area (Å²) < 4.78 is 0. The van der Waals surface area contributed by atoms with Gasteiger partial charge in [-0.2, -0.15) is 0 Å². The van der Waals surface area contributed by atoms with Crippen LogP contribution in [0.4, 0.5) is 0 Å². The summed E-state index contributed by atoms with van der Waals surface area (Å²) in [5, 5.41) is 19.7. The first kappa shape index (κ1) is 13.2. The Morgan fingerprint density at radius 3 is 2.35 bits per heavy atom. The molecule has 0 fully saturated rings.